The molecule has 8 heteroatoms. The smallest absolute Gasteiger partial charge is 0.317 e. The highest BCUT2D eigenvalue weighted by atomic mass is 16.6. The van der Waals surface area contributed by atoms with Gasteiger partial charge in [-0.1, -0.05) is 12.2 Å². The maximum absolute atomic E-state index is 10.4. The number of hydrogen-bond donors (Lipinski definition) is 1. The number of rotatable bonds is 6. The Hall–Kier alpha value is -2.74. The van der Waals surface area contributed by atoms with Gasteiger partial charge in [-0.15, -0.1) is 13.2 Å². The van der Waals surface area contributed by atoms with Crippen molar-refractivity contribution in [1.29, 1.82) is 0 Å². The van der Waals surface area contributed by atoms with Gasteiger partial charge in [0, 0.05) is 11.6 Å². The molecule has 0 fully saturated rings. The summed E-state index contributed by atoms with van der Waals surface area (Å²) >= 11 is 0. The molecule has 0 bridgehead atoms. The summed E-state index contributed by atoms with van der Waals surface area (Å²) in [5.41, 5.74) is -0.963. The molecule has 8 nitrogen and oxygen atoms in total. The molecular formula is C13H16N2O6. The van der Waals surface area contributed by atoms with Gasteiger partial charge in [0.2, 0.25) is 0 Å². The second-order valence-corrected chi connectivity index (χ2v) is 3.76. The number of nitrogens with zero attached hydrogens (tertiary/aromatic N) is 2. The fraction of sp³-hybridized carbons (Fsp3) is 0.231. The van der Waals surface area contributed by atoms with Gasteiger partial charge in [-0.25, -0.2) is 0 Å². The quantitative estimate of drug-likeness (QED) is 0.373. The second-order valence-electron chi connectivity index (χ2n) is 3.76. The van der Waals surface area contributed by atoms with E-state index in [9.17, 15) is 25.3 Å². The number of non-ortho nitro benzene ring substituents is 1. The van der Waals surface area contributed by atoms with E-state index in [1.807, 2.05) is 0 Å². The largest absolute Gasteiger partial charge is 0.502 e. The Kier molecular flexibility index (Phi) is 8.01. The molecule has 0 saturated carbocycles. The molecule has 114 valence electrons. The summed E-state index contributed by atoms with van der Waals surface area (Å²) in [6.07, 6.45) is 3.42. The lowest BCUT2D eigenvalue weighted by molar-refractivity contribution is -0.394. The monoisotopic (exact) mass is 296 g/mol. The van der Waals surface area contributed by atoms with Gasteiger partial charge in [-0.05, 0) is 6.92 Å². The summed E-state index contributed by atoms with van der Waals surface area (Å²) < 4.78 is 4.90. The third-order valence-corrected chi connectivity index (χ3v) is 2.14. The lowest BCUT2D eigenvalue weighted by Gasteiger charge is -1.99. The Bertz CT molecular complexity index is 534. The number of benzene rings is 1. The van der Waals surface area contributed by atoms with Crippen molar-refractivity contribution in [2.24, 2.45) is 0 Å². The maximum atomic E-state index is 10.4. The highest BCUT2D eigenvalue weighted by Gasteiger charge is 2.21. The molecule has 0 atom stereocenters. The van der Waals surface area contributed by atoms with E-state index >= 15 is 0 Å². The van der Waals surface area contributed by atoms with Crippen LogP contribution in [0.25, 0.3) is 0 Å². The van der Waals surface area contributed by atoms with E-state index in [2.05, 4.69) is 13.2 Å². The molecular weight excluding hydrogens is 280 g/mol. The van der Waals surface area contributed by atoms with E-state index in [0.717, 1.165) is 12.1 Å². The fourth-order valence-electron chi connectivity index (χ4n) is 1.22. The van der Waals surface area contributed by atoms with Crippen molar-refractivity contribution in [2.75, 3.05) is 13.2 Å². The Morgan fingerprint density at radius 2 is 1.71 bits per heavy atom. The first-order valence-electron chi connectivity index (χ1n) is 5.77. The molecule has 1 aromatic carbocycles. The predicted molar refractivity (Wildman–Crippen MR) is 77.4 cm³/mol. The molecule has 1 aromatic rings. The normalized spacial score (nSPS) is 9.19. The van der Waals surface area contributed by atoms with Gasteiger partial charge in [-0.2, -0.15) is 0 Å². The number of ether oxygens (including phenoxy) is 1. The number of hydrogen-bond acceptors (Lipinski definition) is 6. The molecule has 0 amide bonds. The lowest BCUT2D eigenvalue weighted by atomic mass is 10.1. The Labute approximate surface area is 121 Å². The topological polar surface area (TPSA) is 116 Å². The van der Waals surface area contributed by atoms with Crippen LogP contribution in [0.5, 0.6) is 5.75 Å². The van der Waals surface area contributed by atoms with Gasteiger partial charge >= 0.3 is 5.69 Å². The van der Waals surface area contributed by atoms with E-state index in [0.29, 0.717) is 13.2 Å². The van der Waals surface area contributed by atoms with Gasteiger partial charge in [0.25, 0.3) is 5.69 Å². The summed E-state index contributed by atoms with van der Waals surface area (Å²) in [6.45, 7) is 9.54. The van der Waals surface area contributed by atoms with E-state index in [1.165, 1.54) is 6.92 Å². The summed E-state index contributed by atoms with van der Waals surface area (Å²) in [6, 6.07) is 1.80. The highest BCUT2D eigenvalue weighted by Crippen LogP contribution is 2.33. The molecule has 0 spiro atoms. The standard InChI is InChI=1S/C7H6N2O5.C6H10O/c1-4-2-5(8(11)12)3-6(7(4)10)9(13)14;1-3-5-7-6-4-2/h2-3,10H,1H3;3-4H,1-2,5-6H2. The summed E-state index contributed by atoms with van der Waals surface area (Å²) in [7, 11) is 0. The third-order valence-electron chi connectivity index (χ3n) is 2.14. The number of nitro groups is 2. The van der Waals surface area contributed by atoms with Crippen LogP contribution in [0, 0.1) is 27.2 Å². The van der Waals surface area contributed by atoms with Crippen LogP contribution in [0.4, 0.5) is 11.4 Å². The van der Waals surface area contributed by atoms with Crippen molar-refractivity contribution < 1.29 is 19.7 Å². The first-order valence-corrected chi connectivity index (χ1v) is 5.77. The molecule has 0 aliphatic rings. The summed E-state index contributed by atoms with van der Waals surface area (Å²) in [4.78, 5) is 19.1. The Morgan fingerprint density at radius 1 is 1.19 bits per heavy atom. The highest BCUT2D eigenvalue weighted by molar-refractivity contribution is 5.57. The van der Waals surface area contributed by atoms with Gasteiger partial charge in [0.1, 0.15) is 0 Å². The van der Waals surface area contributed by atoms with Crippen LogP contribution < -0.4 is 0 Å². The molecule has 1 rings (SSSR count). The van der Waals surface area contributed by atoms with Crippen LogP contribution in [0.2, 0.25) is 0 Å². The van der Waals surface area contributed by atoms with Crippen molar-refractivity contribution in [2.45, 2.75) is 6.92 Å². The molecule has 0 heterocycles. The molecule has 0 saturated heterocycles. The molecule has 0 aromatic heterocycles. The van der Waals surface area contributed by atoms with Gasteiger partial charge < -0.3 is 9.84 Å². The van der Waals surface area contributed by atoms with E-state index in [1.54, 1.807) is 12.2 Å². The molecule has 0 aliphatic carbocycles. The van der Waals surface area contributed by atoms with Crippen molar-refractivity contribution >= 4 is 11.4 Å². The lowest BCUT2D eigenvalue weighted by Crippen LogP contribution is -1.94. The van der Waals surface area contributed by atoms with Gasteiger partial charge in [0.15, 0.2) is 5.75 Å². The fourth-order valence-corrected chi connectivity index (χ4v) is 1.22. The van der Waals surface area contributed by atoms with Crippen LogP contribution >= 0.6 is 0 Å². The molecule has 21 heavy (non-hydrogen) atoms. The van der Waals surface area contributed by atoms with Crippen molar-refractivity contribution in [3.63, 3.8) is 0 Å². The van der Waals surface area contributed by atoms with Crippen LogP contribution in [0.3, 0.4) is 0 Å². The Balaban J connectivity index is 0.000000486. The SMILES string of the molecule is C=CCOCC=C.Cc1cc([N+](=O)[O-])cc([N+](=O)[O-])c1O. The molecule has 0 aliphatic heterocycles. The van der Waals surface area contributed by atoms with E-state index in [-0.39, 0.29) is 5.56 Å². The zero-order valence-electron chi connectivity index (χ0n) is 11.5. The average molecular weight is 296 g/mol. The molecule has 1 N–H and O–H groups in total. The van der Waals surface area contributed by atoms with Crippen LogP contribution in [-0.2, 0) is 4.74 Å². The van der Waals surface area contributed by atoms with E-state index < -0.39 is 27.0 Å². The van der Waals surface area contributed by atoms with Crippen molar-refractivity contribution in [3.05, 3.63) is 63.2 Å². The zero-order chi connectivity index (χ0) is 16.4. The third kappa shape index (κ3) is 6.30. The number of aryl methyl sites for hydroxylation is 1. The minimum atomic E-state index is -0.866. The summed E-state index contributed by atoms with van der Waals surface area (Å²) in [5, 5.41) is 29.9. The second kappa shape index (κ2) is 9.21. The first-order chi connectivity index (χ1) is 9.84. The van der Waals surface area contributed by atoms with Crippen molar-refractivity contribution in [3.8, 4) is 5.75 Å². The van der Waals surface area contributed by atoms with Gasteiger partial charge in [0.05, 0.1) is 29.1 Å². The average Bonchev–Trinajstić information content (AvgIpc) is 2.42. The zero-order valence-corrected chi connectivity index (χ0v) is 11.5. The maximum Gasteiger partial charge on any atom is 0.317 e. The van der Waals surface area contributed by atoms with Crippen LogP contribution in [-0.4, -0.2) is 28.2 Å². The minimum Gasteiger partial charge on any atom is -0.502 e. The Morgan fingerprint density at radius 3 is 2.10 bits per heavy atom. The number of nitro benzene ring substituents is 2. The van der Waals surface area contributed by atoms with E-state index in [4.69, 9.17) is 4.74 Å². The number of phenolic OH excluding ortho intramolecular Hbond substituents is 1. The van der Waals surface area contributed by atoms with Crippen LogP contribution in [0.1, 0.15) is 5.56 Å². The predicted octanol–water partition coefficient (Wildman–Crippen LogP) is 2.89. The number of phenols is 1. The molecule has 0 unspecified atom stereocenters. The number of aromatic hydroxyl groups is 1. The molecule has 0 radical (unpaired) electrons. The van der Waals surface area contributed by atoms with Gasteiger partial charge in [-0.3, -0.25) is 20.2 Å². The first kappa shape index (κ1) is 18.3. The van der Waals surface area contributed by atoms with Crippen LogP contribution in [0.15, 0.2) is 37.4 Å². The summed E-state index contributed by atoms with van der Waals surface area (Å²) in [5.74, 6) is -0.541. The van der Waals surface area contributed by atoms with Crippen molar-refractivity contribution in [1.82, 2.24) is 0 Å². The minimum absolute atomic E-state index is 0.103.